The number of halogens is 3. The van der Waals surface area contributed by atoms with Gasteiger partial charge in [0.1, 0.15) is 5.69 Å². The summed E-state index contributed by atoms with van der Waals surface area (Å²) in [6, 6.07) is 3.29. The number of sulfone groups is 1. The fraction of sp³-hybridized carbons (Fsp3) is 0.522. The minimum absolute atomic E-state index is 0.0150. The van der Waals surface area contributed by atoms with Crippen molar-refractivity contribution in [3.63, 3.8) is 0 Å². The summed E-state index contributed by atoms with van der Waals surface area (Å²) in [5.74, 6) is -0.896. The van der Waals surface area contributed by atoms with Gasteiger partial charge in [-0.25, -0.2) is 13.4 Å². The fourth-order valence-electron chi connectivity index (χ4n) is 4.08. The predicted molar refractivity (Wildman–Crippen MR) is 120 cm³/mol. The highest BCUT2D eigenvalue weighted by atomic mass is 32.2. The summed E-state index contributed by atoms with van der Waals surface area (Å²) in [4.78, 5) is 28.8. The fourth-order valence-corrected chi connectivity index (χ4v) is 5.86. The van der Waals surface area contributed by atoms with Gasteiger partial charge in [-0.15, -0.1) is 0 Å². The summed E-state index contributed by atoms with van der Waals surface area (Å²) in [6.45, 7) is 8.15. The van der Waals surface area contributed by atoms with Crippen LogP contribution in [-0.2, 0) is 16.0 Å². The van der Waals surface area contributed by atoms with E-state index in [4.69, 9.17) is 0 Å². The molecule has 1 amide bonds. The maximum atomic E-state index is 13.2. The zero-order valence-corrected chi connectivity index (χ0v) is 20.4. The average molecular weight is 500 g/mol. The number of nitrogens with zero attached hydrogens (tertiary/aromatic N) is 2. The zero-order valence-electron chi connectivity index (χ0n) is 19.6. The first-order chi connectivity index (χ1) is 15.6. The SMILES string of the molecule is Cc1c(C(=O)N[C@H]2C[C@@H](C(C)(C)S(=O)(=O)c3cccc(C(F)(F)F)c3)C2)ncn(C(C)C)c1=O. The molecule has 34 heavy (non-hydrogen) atoms. The summed E-state index contributed by atoms with van der Waals surface area (Å²) in [5.41, 5.74) is -1.10. The molecule has 1 aliphatic rings. The summed E-state index contributed by atoms with van der Waals surface area (Å²) < 4.78 is 65.6. The Balaban J connectivity index is 1.72. The number of nitrogens with one attached hydrogen (secondary N) is 1. The summed E-state index contributed by atoms with van der Waals surface area (Å²) in [7, 11) is -4.08. The third-order valence-corrected chi connectivity index (χ3v) is 9.21. The van der Waals surface area contributed by atoms with Gasteiger partial charge in [0.05, 0.1) is 21.5 Å². The van der Waals surface area contributed by atoms with Gasteiger partial charge in [0.2, 0.25) is 0 Å². The van der Waals surface area contributed by atoms with Crippen molar-refractivity contribution < 1.29 is 26.4 Å². The zero-order chi connectivity index (χ0) is 25.6. The van der Waals surface area contributed by atoms with E-state index in [2.05, 4.69) is 10.3 Å². The maximum absolute atomic E-state index is 13.2. The van der Waals surface area contributed by atoms with Crippen LogP contribution in [0, 0.1) is 12.8 Å². The monoisotopic (exact) mass is 499 g/mol. The quantitative estimate of drug-likeness (QED) is 0.650. The second kappa shape index (κ2) is 8.83. The van der Waals surface area contributed by atoms with Crippen LogP contribution in [0.1, 0.15) is 68.2 Å². The van der Waals surface area contributed by atoms with Gasteiger partial charge in [0.25, 0.3) is 11.5 Å². The molecule has 3 rings (SSSR count). The van der Waals surface area contributed by atoms with Crippen LogP contribution in [0.15, 0.2) is 40.3 Å². The molecule has 1 heterocycles. The minimum Gasteiger partial charge on any atom is -0.348 e. The third-order valence-electron chi connectivity index (χ3n) is 6.61. The molecule has 11 heteroatoms. The number of benzene rings is 1. The standard InChI is InChI=1S/C23H28F3N3O4S/c1-13(2)29-12-27-19(14(3)21(29)31)20(30)28-17-9-16(10-17)22(4,5)34(32,33)18-8-6-7-15(11-18)23(24,25)26/h6-8,11-13,16-17H,9-10H2,1-5H3,(H,28,30)/t16-,17+. The van der Waals surface area contributed by atoms with Gasteiger partial charge < -0.3 is 5.32 Å². The first-order valence-electron chi connectivity index (χ1n) is 10.9. The Morgan fingerprint density at radius 3 is 2.38 bits per heavy atom. The van der Waals surface area contributed by atoms with Crippen molar-refractivity contribution in [3.8, 4) is 0 Å². The summed E-state index contributed by atoms with van der Waals surface area (Å²) >= 11 is 0. The molecule has 0 saturated heterocycles. The molecule has 7 nitrogen and oxygen atoms in total. The number of carbonyl (C=O) groups is 1. The molecule has 1 fully saturated rings. The number of rotatable bonds is 6. The molecule has 1 aliphatic carbocycles. The first-order valence-corrected chi connectivity index (χ1v) is 12.4. The Bertz CT molecular complexity index is 1260. The number of hydrogen-bond donors (Lipinski definition) is 1. The Hall–Kier alpha value is -2.69. The maximum Gasteiger partial charge on any atom is 0.416 e. The van der Waals surface area contributed by atoms with Crippen molar-refractivity contribution in [1.29, 1.82) is 0 Å². The highest BCUT2D eigenvalue weighted by Gasteiger charge is 2.49. The van der Waals surface area contributed by atoms with Gasteiger partial charge in [-0.2, -0.15) is 13.2 Å². The van der Waals surface area contributed by atoms with Crippen LogP contribution in [0.25, 0.3) is 0 Å². The van der Waals surface area contributed by atoms with Gasteiger partial charge in [-0.3, -0.25) is 14.2 Å². The molecule has 2 aromatic rings. The van der Waals surface area contributed by atoms with Crippen molar-refractivity contribution in [2.24, 2.45) is 5.92 Å². The van der Waals surface area contributed by atoms with Gasteiger partial charge in [-0.05, 0) is 71.6 Å². The van der Waals surface area contributed by atoms with Crippen molar-refractivity contribution in [3.05, 3.63) is 57.8 Å². The molecule has 0 bridgehead atoms. The molecule has 1 N–H and O–H groups in total. The van der Waals surface area contributed by atoms with Crippen LogP contribution in [0.5, 0.6) is 0 Å². The topological polar surface area (TPSA) is 98.1 Å². The largest absolute Gasteiger partial charge is 0.416 e. The molecule has 0 atom stereocenters. The number of hydrogen-bond acceptors (Lipinski definition) is 5. The molecule has 0 unspecified atom stereocenters. The van der Waals surface area contributed by atoms with Crippen LogP contribution in [0.2, 0.25) is 0 Å². The second-order valence-electron chi connectivity index (χ2n) is 9.50. The molecule has 1 saturated carbocycles. The predicted octanol–water partition coefficient (Wildman–Crippen LogP) is 3.91. The van der Waals surface area contributed by atoms with Crippen LogP contribution in [0.3, 0.4) is 0 Å². The van der Waals surface area contributed by atoms with Gasteiger partial charge in [0.15, 0.2) is 9.84 Å². The minimum atomic E-state index is -4.65. The van der Waals surface area contributed by atoms with E-state index in [0.717, 1.165) is 18.2 Å². The Morgan fingerprint density at radius 2 is 1.82 bits per heavy atom. The van der Waals surface area contributed by atoms with Crippen LogP contribution < -0.4 is 10.9 Å². The molecule has 1 aromatic heterocycles. The molecule has 186 valence electrons. The van der Waals surface area contributed by atoms with E-state index in [0.29, 0.717) is 18.9 Å². The van der Waals surface area contributed by atoms with E-state index in [1.807, 2.05) is 13.8 Å². The van der Waals surface area contributed by atoms with E-state index < -0.39 is 32.2 Å². The van der Waals surface area contributed by atoms with Crippen molar-refractivity contribution in [2.45, 2.75) is 75.4 Å². The Kier molecular flexibility index (Phi) is 6.73. The third kappa shape index (κ3) is 4.62. The highest BCUT2D eigenvalue weighted by Crippen LogP contribution is 2.44. The van der Waals surface area contributed by atoms with Crippen LogP contribution >= 0.6 is 0 Å². The van der Waals surface area contributed by atoms with E-state index in [1.165, 1.54) is 31.7 Å². The molecular formula is C23H28F3N3O4S. The lowest BCUT2D eigenvalue weighted by Gasteiger charge is -2.44. The Morgan fingerprint density at radius 1 is 1.21 bits per heavy atom. The van der Waals surface area contributed by atoms with E-state index >= 15 is 0 Å². The van der Waals surface area contributed by atoms with Gasteiger partial charge >= 0.3 is 6.18 Å². The van der Waals surface area contributed by atoms with E-state index in [9.17, 15) is 31.2 Å². The number of carbonyl (C=O) groups excluding carboxylic acids is 1. The Labute approximate surface area is 196 Å². The molecule has 0 radical (unpaired) electrons. The summed E-state index contributed by atoms with van der Waals surface area (Å²) in [5, 5.41) is 2.78. The smallest absolute Gasteiger partial charge is 0.348 e. The molecule has 1 aromatic carbocycles. The average Bonchev–Trinajstić information content (AvgIpc) is 2.71. The van der Waals surface area contributed by atoms with E-state index in [1.54, 1.807) is 0 Å². The summed E-state index contributed by atoms with van der Waals surface area (Å²) in [6.07, 6.45) is -2.66. The molecule has 0 aliphatic heterocycles. The normalized spacial score (nSPS) is 19.1. The van der Waals surface area contributed by atoms with Gasteiger partial charge in [-0.1, -0.05) is 6.07 Å². The van der Waals surface area contributed by atoms with Crippen molar-refractivity contribution in [1.82, 2.24) is 14.9 Å². The van der Waals surface area contributed by atoms with Crippen molar-refractivity contribution in [2.75, 3.05) is 0 Å². The van der Waals surface area contributed by atoms with Gasteiger partial charge in [0, 0.05) is 17.6 Å². The molecule has 0 spiro atoms. The number of amides is 1. The number of alkyl halides is 3. The van der Waals surface area contributed by atoms with E-state index in [-0.39, 0.29) is 39.7 Å². The lowest BCUT2D eigenvalue weighted by Crippen LogP contribution is -2.54. The number of aromatic nitrogens is 2. The van der Waals surface area contributed by atoms with Crippen molar-refractivity contribution >= 4 is 15.7 Å². The first kappa shape index (κ1) is 25.9. The highest BCUT2D eigenvalue weighted by molar-refractivity contribution is 7.92. The lowest BCUT2D eigenvalue weighted by molar-refractivity contribution is -0.137. The van der Waals surface area contributed by atoms with Crippen LogP contribution in [0.4, 0.5) is 13.2 Å². The lowest BCUT2D eigenvalue weighted by atomic mass is 9.73. The second-order valence-corrected chi connectivity index (χ2v) is 12.0. The van der Waals surface area contributed by atoms with Crippen LogP contribution in [-0.4, -0.2) is 34.7 Å². The molecular weight excluding hydrogens is 471 g/mol.